The average molecular weight is 305 g/mol. The van der Waals surface area contributed by atoms with Gasteiger partial charge in [0, 0.05) is 11.5 Å². The predicted molar refractivity (Wildman–Crippen MR) is 76.1 cm³/mol. The third kappa shape index (κ3) is 2.81. The Kier molecular flexibility index (Phi) is 3.36. The molecule has 0 aliphatic carbocycles. The number of pyridine rings is 1. The Hall–Kier alpha value is -2.76. The number of rotatable bonds is 2. The van der Waals surface area contributed by atoms with Gasteiger partial charge in [-0.15, -0.1) is 0 Å². The zero-order valence-corrected chi connectivity index (χ0v) is 11.1. The number of H-pyrrole nitrogens is 1. The van der Waals surface area contributed by atoms with Crippen LogP contribution in [-0.2, 0) is 6.18 Å². The largest absolute Gasteiger partial charge is 0.456 e. The minimum absolute atomic E-state index is 0.0191. The van der Waals surface area contributed by atoms with Crippen molar-refractivity contribution in [2.75, 3.05) is 0 Å². The van der Waals surface area contributed by atoms with E-state index in [9.17, 15) is 18.0 Å². The lowest BCUT2D eigenvalue weighted by atomic mass is 10.2. The zero-order valence-electron chi connectivity index (χ0n) is 11.1. The van der Waals surface area contributed by atoms with E-state index in [1.54, 1.807) is 24.3 Å². The monoisotopic (exact) mass is 305 g/mol. The van der Waals surface area contributed by atoms with Gasteiger partial charge in [-0.2, -0.15) is 13.2 Å². The summed E-state index contributed by atoms with van der Waals surface area (Å²) in [5.41, 5.74) is -0.642. The molecule has 0 atom stereocenters. The Labute approximate surface area is 123 Å². The van der Waals surface area contributed by atoms with E-state index in [0.29, 0.717) is 10.9 Å². The van der Waals surface area contributed by atoms with Crippen molar-refractivity contribution in [1.82, 2.24) is 4.98 Å². The molecule has 0 unspecified atom stereocenters. The number of nitrogens with one attached hydrogen (secondary N) is 1. The molecule has 0 aliphatic rings. The van der Waals surface area contributed by atoms with Crippen LogP contribution in [0.5, 0.6) is 11.5 Å². The van der Waals surface area contributed by atoms with E-state index < -0.39 is 11.7 Å². The summed E-state index contributed by atoms with van der Waals surface area (Å²) in [6, 6.07) is 12.6. The first kappa shape index (κ1) is 14.2. The number of hydrogen-bond donors (Lipinski definition) is 1. The van der Waals surface area contributed by atoms with Crippen LogP contribution in [0.4, 0.5) is 13.2 Å². The van der Waals surface area contributed by atoms with Crippen molar-refractivity contribution in [2.24, 2.45) is 0 Å². The molecule has 1 heterocycles. The molecule has 6 heteroatoms. The highest BCUT2D eigenvalue weighted by atomic mass is 19.4. The first-order valence-corrected chi connectivity index (χ1v) is 6.41. The highest BCUT2D eigenvalue weighted by Gasteiger charge is 2.30. The summed E-state index contributed by atoms with van der Waals surface area (Å²) in [6.07, 6.45) is -4.45. The smallest absolute Gasteiger partial charge is 0.416 e. The Morgan fingerprint density at radius 1 is 0.955 bits per heavy atom. The molecular formula is C16H10F3NO2. The number of ether oxygens (including phenoxy) is 1. The Bertz CT molecular complexity index is 884. The molecule has 3 rings (SSSR count). The summed E-state index contributed by atoms with van der Waals surface area (Å²) < 4.78 is 43.6. The Morgan fingerprint density at radius 2 is 1.73 bits per heavy atom. The Morgan fingerprint density at radius 3 is 2.50 bits per heavy atom. The second kappa shape index (κ2) is 5.22. The van der Waals surface area contributed by atoms with E-state index in [0.717, 1.165) is 12.1 Å². The third-order valence-electron chi connectivity index (χ3n) is 3.10. The van der Waals surface area contributed by atoms with Gasteiger partial charge in [0.05, 0.1) is 11.1 Å². The van der Waals surface area contributed by atoms with Crippen LogP contribution in [0.3, 0.4) is 0 Å². The highest BCUT2D eigenvalue weighted by Crippen LogP contribution is 2.33. The van der Waals surface area contributed by atoms with Crippen LogP contribution in [0.25, 0.3) is 10.9 Å². The number of hydrogen-bond acceptors (Lipinski definition) is 2. The molecule has 0 fully saturated rings. The maximum absolute atomic E-state index is 12.7. The molecule has 22 heavy (non-hydrogen) atoms. The van der Waals surface area contributed by atoms with Crippen LogP contribution in [-0.4, -0.2) is 4.98 Å². The predicted octanol–water partition coefficient (Wildman–Crippen LogP) is 4.34. The molecule has 112 valence electrons. The molecule has 0 radical (unpaired) electrons. The van der Waals surface area contributed by atoms with Crippen molar-refractivity contribution >= 4 is 10.9 Å². The summed E-state index contributed by atoms with van der Waals surface area (Å²) in [7, 11) is 0. The van der Waals surface area contributed by atoms with Crippen LogP contribution in [0, 0.1) is 0 Å². The molecular weight excluding hydrogens is 295 g/mol. The number of aromatic amines is 1. The van der Waals surface area contributed by atoms with Gasteiger partial charge in [-0.3, -0.25) is 4.79 Å². The lowest BCUT2D eigenvalue weighted by molar-refractivity contribution is -0.137. The minimum Gasteiger partial charge on any atom is -0.456 e. The summed E-state index contributed by atoms with van der Waals surface area (Å²) in [5.74, 6) is 0.226. The summed E-state index contributed by atoms with van der Waals surface area (Å²) in [6.45, 7) is 0. The normalized spacial score (nSPS) is 11.6. The Balaban J connectivity index is 2.06. The number of alkyl halides is 3. The van der Waals surface area contributed by atoms with Crippen LogP contribution in [0.15, 0.2) is 59.4 Å². The van der Waals surface area contributed by atoms with Gasteiger partial charge in [0.1, 0.15) is 11.5 Å². The van der Waals surface area contributed by atoms with Gasteiger partial charge < -0.3 is 9.72 Å². The quantitative estimate of drug-likeness (QED) is 0.765. The van der Waals surface area contributed by atoms with Gasteiger partial charge in [-0.25, -0.2) is 0 Å². The number of aromatic nitrogens is 1. The van der Waals surface area contributed by atoms with E-state index in [1.165, 1.54) is 18.2 Å². The second-order valence-corrected chi connectivity index (χ2v) is 4.67. The number of para-hydroxylation sites is 1. The van der Waals surface area contributed by atoms with Crippen molar-refractivity contribution in [3.63, 3.8) is 0 Å². The van der Waals surface area contributed by atoms with E-state index in [2.05, 4.69) is 4.98 Å². The van der Waals surface area contributed by atoms with Gasteiger partial charge in [-0.1, -0.05) is 18.2 Å². The lowest BCUT2D eigenvalue weighted by Crippen LogP contribution is -2.06. The van der Waals surface area contributed by atoms with E-state index in [4.69, 9.17) is 4.74 Å². The fraction of sp³-hybridized carbons (Fsp3) is 0.0625. The summed E-state index contributed by atoms with van der Waals surface area (Å²) in [5, 5.41) is 0.611. The first-order valence-electron chi connectivity index (χ1n) is 6.41. The van der Waals surface area contributed by atoms with E-state index >= 15 is 0 Å². The third-order valence-corrected chi connectivity index (χ3v) is 3.10. The van der Waals surface area contributed by atoms with Crippen molar-refractivity contribution in [3.8, 4) is 11.5 Å². The molecule has 2 aromatic carbocycles. The highest BCUT2D eigenvalue weighted by molar-refractivity contribution is 5.84. The zero-order chi connectivity index (χ0) is 15.7. The van der Waals surface area contributed by atoms with Crippen molar-refractivity contribution in [2.45, 2.75) is 6.18 Å². The molecule has 0 aliphatic heterocycles. The van der Waals surface area contributed by atoms with E-state index in [-0.39, 0.29) is 17.1 Å². The molecule has 0 spiro atoms. The number of halogens is 3. The molecule has 3 nitrogen and oxygen atoms in total. The van der Waals surface area contributed by atoms with Crippen molar-refractivity contribution in [1.29, 1.82) is 0 Å². The van der Waals surface area contributed by atoms with Crippen LogP contribution >= 0.6 is 0 Å². The minimum atomic E-state index is -4.45. The van der Waals surface area contributed by atoms with Crippen LogP contribution < -0.4 is 10.3 Å². The number of benzene rings is 2. The van der Waals surface area contributed by atoms with Gasteiger partial charge in [0.15, 0.2) is 0 Å². The van der Waals surface area contributed by atoms with E-state index in [1.807, 2.05) is 0 Å². The maximum Gasteiger partial charge on any atom is 0.416 e. The summed E-state index contributed by atoms with van der Waals surface area (Å²) in [4.78, 5) is 14.2. The van der Waals surface area contributed by atoms with Gasteiger partial charge in [0.25, 0.3) is 5.56 Å². The van der Waals surface area contributed by atoms with Crippen molar-refractivity contribution in [3.05, 3.63) is 70.5 Å². The lowest BCUT2D eigenvalue weighted by Gasteiger charge is -2.11. The van der Waals surface area contributed by atoms with Crippen LogP contribution in [0.2, 0.25) is 0 Å². The molecule has 0 bridgehead atoms. The molecule has 3 aromatic rings. The molecule has 1 N–H and O–H groups in total. The average Bonchev–Trinajstić information content (AvgIpc) is 2.46. The van der Waals surface area contributed by atoms with Crippen LogP contribution in [0.1, 0.15) is 5.56 Å². The number of fused-ring (bicyclic) bond motifs is 1. The SMILES string of the molecule is O=c1cc(Oc2cccc(C(F)(F)F)c2)c2ccccc2[nH]1. The van der Waals surface area contributed by atoms with Crippen molar-refractivity contribution < 1.29 is 17.9 Å². The van der Waals surface area contributed by atoms with Gasteiger partial charge >= 0.3 is 6.18 Å². The fourth-order valence-corrected chi connectivity index (χ4v) is 2.12. The summed E-state index contributed by atoms with van der Waals surface area (Å²) >= 11 is 0. The molecule has 0 saturated carbocycles. The molecule has 0 amide bonds. The van der Waals surface area contributed by atoms with Gasteiger partial charge in [-0.05, 0) is 30.3 Å². The van der Waals surface area contributed by atoms with Gasteiger partial charge in [0.2, 0.25) is 0 Å². The molecule has 1 aromatic heterocycles. The second-order valence-electron chi connectivity index (χ2n) is 4.67. The fourth-order valence-electron chi connectivity index (χ4n) is 2.12. The standard InChI is InChI=1S/C16H10F3NO2/c17-16(18,19)10-4-3-5-11(8-10)22-14-9-15(21)20-13-7-2-1-6-12(13)14/h1-9H,(H,20,21). The topological polar surface area (TPSA) is 42.1 Å². The first-order chi connectivity index (χ1) is 10.4. The molecule has 0 saturated heterocycles. The maximum atomic E-state index is 12.7.